The Hall–Kier alpha value is -2.62. The molecule has 0 bridgehead atoms. The van der Waals surface area contributed by atoms with E-state index in [0.29, 0.717) is 55.3 Å². The van der Waals surface area contributed by atoms with Crippen molar-refractivity contribution in [3.8, 4) is 0 Å². The summed E-state index contributed by atoms with van der Waals surface area (Å²) in [7, 11) is -3.72. The molecule has 33 heavy (non-hydrogen) atoms. The Labute approximate surface area is 197 Å². The van der Waals surface area contributed by atoms with Gasteiger partial charge < -0.3 is 14.3 Å². The molecule has 3 heterocycles. The molecule has 1 aromatic heterocycles. The summed E-state index contributed by atoms with van der Waals surface area (Å²) >= 11 is 5.97. The van der Waals surface area contributed by atoms with Crippen LogP contribution in [0, 0.1) is 0 Å². The first-order valence-electron chi connectivity index (χ1n) is 11.1. The van der Waals surface area contributed by atoms with Gasteiger partial charge in [-0.15, -0.1) is 0 Å². The molecule has 3 aromatic rings. The van der Waals surface area contributed by atoms with E-state index in [0.717, 1.165) is 24.9 Å². The molecule has 10 heteroatoms. The third-order valence-corrected chi connectivity index (χ3v) is 8.50. The number of nitrogens with zero attached hydrogens (tertiary/aromatic N) is 4. The zero-order valence-corrected chi connectivity index (χ0v) is 19.7. The molecule has 2 aliphatic heterocycles. The minimum absolute atomic E-state index is 0.144. The van der Waals surface area contributed by atoms with Crippen molar-refractivity contribution in [3.05, 3.63) is 53.2 Å². The molecular formula is C23H25ClN4O4S. The van der Waals surface area contributed by atoms with Gasteiger partial charge in [0.05, 0.1) is 10.3 Å². The van der Waals surface area contributed by atoms with Crippen LogP contribution in [0.3, 0.4) is 0 Å². The third-order valence-electron chi connectivity index (χ3n) is 6.36. The van der Waals surface area contributed by atoms with E-state index in [2.05, 4.69) is 10.1 Å². The van der Waals surface area contributed by atoms with Crippen molar-refractivity contribution in [3.63, 3.8) is 0 Å². The molecule has 2 saturated heterocycles. The highest BCUT2D eigenvalue weighted by molar-refractivity contribution is 7.89. The Bertz CT molecular complexity index is 1260. The van der Waals surface area contributed by atoms with Crippen molar-refractivity contribution in [1.82, 2.24) is 14.4 Å². The number of piperidine rings is 1. The van der Waals surface area contributed by atoms with Gasteiger partial charge in [0.2, 0.25) is 10.0 Å². The number of fused-ring (bicyclic) bond motifs is 1. The van der Waals surface area contributed by atoms with Crippen molar-refractivity contribution < 1.29 is 17.7 Å². The average Bonchev–Trinajstić information content (AvgIpc) is 3.28. The molecule has 174 valence electrons. The van der Waals surface area contributed by atoms with Crippen LogP contribution in [-0.2, 0) is 10.0 Å². The van der Waals surface area contributed by atoms with E-state index in [4.69, 9.17) is 16.1 Å². The summed E-state index contributed by atoms with van der Waals surface area (Å²) < 4.78 is 33.5. The number of carbonyl (C=O) groups is 1. The zero-order valence-electron chi connectivity index (χ0n) is 18.1. The Kier molecular flexibility index (Phi) is 6.03. The van der Waals surface area contributed by atoms with Gasteiger partial charge in [-0.3, -0.25) is 4.79 Å². The van der Waals surface area contributed by atoms with Crippen molar-refractivity contribution in [1.29, 1.82) is 0 Å². The second-order valence-corrected chi connectivity index (χ2v) is 10.8. The monoisotopic (exact) mass is 488 g/mol. The molecule has 2 aliphatic rings. The van der Waals surface area contributed by atoms with Gasteiger partial charge in [0.25, 0.3) is 5.91 Å². The van der Waals surface area contributed by atoms with Gasteiger partial charge in [-0.2, -0.15) is 4.31 Å². The Balaban J connectivity index is 1.36. The predicted molar refractivity (Wildman–Crippen MR) is 126 cm³/mol. The average molecular weight is 489 g/mol. The topological polar surface area (TPSA) is 87.0 Å². The van der Waals surface area contributed by atoms with Gasteiger partial charge in [-0.05, 0) is 61.7 Å². The molecule has 0 saturated carbocycles. The quantitative estimate of drug-likeness (QED) is 0.557. The lowest BCUT2D eigenvalue weighted by Crippen LogP contribution is -2.48. The molecule has 5 rings (SSSR count). The van der Waals surface area contributed by atoms with Gasteiger partial charge in [0.15, 0.2) is 11.3 Å². The molecule has 0 spiro atoms. The number of rotatable bonds is 4. The first kappa shape index (κ1) is 22.2. The number of hydrogen-bond acceptors (Lipinski definition) is 6. The maximum Gasteiger partial charge on any atom is 0.276 e. The smallest absolute Gasteiger partial charge is 0.276 e. The summed E-state index contributed by atoms with van der Waals surface area (Å²) in [6, 6.07) is 12.1. The predicted octanol–water partition coefficient (Wildman–Crippen LogP) is 3.62. The zero-order chi connectivity index (χ0) is 23.0. The molecule has 8 nitrogen and oxygen atoms in total. The molecule has 2 aromatic carbocycles. The number of amides is 1. The van der Waals surface area contributed by atoms with Crippen molar-refractivity contribution in [2.45, 2.75) is 24.2 Å². The fourth-order valence-corrected chi connectivity index (χ4v) is 6.04. The van der Waals surface area contributed by atoms with Crippen LogP contribution < -0.4 is 4.90 Å². The van der Waals surface area contributed by atoms with Crippen LogP contribution in [0.2, 0.25) is 5.02 Å². The van der Waals surface area contributed by atoms with E-state index in [1.165, 1.54) is 16.4 Å². The SMILES string of the molecule is O=C(c1noc2ccc(S(=O)(=O)N3CCN(c4ccc(Cl)cc4)CC3)cc12)N1CCCCC1. The summed E-state index contributed by atoms with van der Waals surface area (Å²) in [4.78, 5) is 17.0. The van der Waals surface area contributed by atoms with E-state index in [9.17, 15) is 13.2 Å². The molecule has 1 amide bonds. The van der Waals surface area contributed by atoms with Crippen LogP contribution in [0.15, 0.2) is 51.9 Å². The largest absolute Gasteiger partial charge is 0.369 e. The normalized spacial score (nSPS) is 18.1. The number of carbonyl (C=O) groups excluding carboxylic acids is 1. The van der Waals surface area contributed by atoms with Crippen LogP contribution in [0.1, 0.15) is 29.8 Å². The summed E-state index contributed by atoms with van der Waals surface area (Å²) in [5.74, 6) is -0.209. The molecule has 0 aliphatic carbocycles. The molecule has 2 fully saturated rings. The van der Waals surface area contributed by atoms with E-state index < -0.39 is 10.0 Å². The van der Waals surface area contributed by atoms with Gasteiger partial charge in [0.1, 0.15) is 0 Å². The number of sulfonamides is 1. The fourth-order valence-electron chi connectivity index (χ4n) is 4.47. The summed E-state index contributed by atoms with van der Waals surface area (Å²) in [5, 5.41) is 5.07. The van der Waals surface area contributed by atoms with Crippen LogP contribution in [0.25, 0.3) is 11.0 Å². The highest BCUT2D eigenvalue weighted by Gasteiger charge is 2.30. The minimum atomic E-state index is -3.72. The van der Waals surface area contributed by atoms with Crippen molar-refractivity contribution in [2.75, 3.05) is 44.2 Å². The molecular weight excluding hydrogens is 464 g/mol. The number of likely N-dealkylation sites (tertiary alicyclic amines) is 1. The fraction of sp³-hybridized carbons (Fsp3) is 0.391. The first-order valence-corrected chi connectivity index (χ1v) is 12.9. The highest BCUT2D eigenvalue weighted by atomic mass is 35.5. The number of hydrogen-bond donors (Lipinski definition) is 0. The minimum Gasteiger partial charge on any atom is -0.369 e. The lowest BCUT2D eigenvalue weighted by molar-refractivity contribution is 0.0716. The lowest BCUT2D eigenvalue weighted by Gasteiger charge is -2.35. The van der Waals surface area contributed by atoms with E-state index in [1.54, 1.807) is 11.0 Å². The van der Waals surface area contributed by atoms with Crippen molar-refractivity contribution >= 4 is 44.2 Å². The number of piperazine rings is 1. The molecule has 0 unspecified atom stereocenters. The van der Waals surface area contributed by atoms with Crippen LogP contribution in [-0.4, -0.2) is 68.0 Å². The number of benzene rings is 2. The van der Waals surface area contributed by atoms with Crippen LogP contribution >= 0.6 is 11.6 Å². The van der Waals surface area contributed by atoms with Gasteiger partial charge in [0, 0.05) is 50.0 Å². The van der Waals surface area contributed by atoms with E-state index in [-0.39, 0.29) is 16.5 Å². The van der Waals surface area contributed by atoms with E-state index in [1.807, 2.05) is 24.3 Å². The van der Waals surface area contributed by atoms with Crippen molar-refractivity contribution in [2.24, 2.45) is 0 Å². The van der Waals surface area contributed by atoms with Crippen LogP contribution in [0.5, 0.6) is 0 Å². The lowest BCUT2D eigenvalue weighted by atomic mass is 10.1. The maximum absolute atomic E-state index is 13.4. The standard InChI is InChI=1S/C23H25ClN4O4S/c24-17-4-6-18(7-5-17)26-12-14-28(15-13-26)33(30,31)19-8-9-21-20(16-19)22(25-32-21)23(29)27-10-2-1-3-11-27/h4-9,16H,1-3,10-15H2. The summed E-state index contributed by atoms with van der Waals surface area (Å²) in [6.07, 6.45) is 3.03. The maximum atomic E-state index is 13.4. The van der Waals surface area contributed by atoms with Gasteiger partial charge in [-0.1, -0.05) is 16.8 Å². The van der Waals surface area contributed by atoms with Crippen LogP contribution in [0.4, 0.5) is 5.69 Å². The molecule has 0 radical (unpaired) electrons. The van der Waals surface area contributed by atoms with E-state index >= 15 is 0 Å². The summed E-state index contributed by atoms with van der Waals surface area (Å²) in [6.45, 7) is 3.26. The summed E-state index contributed by atoms with van der Waals surface area (Å²) in [5.41, 5.74) is 1.60. The molecule has 0 atom stereocenters. The highest BCUT2D eigenvalue weighted by Crippen LogP contribution is 2.27. The number of anilines is 1. The molecule has 0 N–H and O–H groups in total. The Morgan fingerprint density at radius 3 is 2.30 bits per heavy atom. The number of halogens is 1. The Morgan fingerprint density at radius 2 is 1.61 bits per heavy atom. The second-order valence-electron chi connectivity index (χ2n) is 8.41. The number of aromatic nitrogens is 1. The first-order chi connectivity index (χ1) is 15.9. The van der Waals surface area contributed by atoms with Gasteiger partial charge in [-0.25, -0.2) is 8.42 Å². The van der Waals surface area contributed by atoms with Gasteiger partial charge >= 0.3 is 0 Å². The second kappa shape index (κ2) is 8.96. The third kappa shape index (κ3) is 4.32. The Morgan fingerprint density at radius 1 is 0.909 bits per heavy atom.